The number of rotatable bonds is 6. The molecule has 0 spiro atoms. The molecule has 150 valence electrons. The van der Waals surface area contributed by atoms with Crippen LogP contribution >= 0.6 is 0 Å². The van der Waals surface area contributed by atoms with Crippen molar-refractivity contribution in [2.24, 2.45) is 11.7 Å². The average molecular weight is 369 g/mol. The van der Waals surface area contributed by atoms with Crippen molar-refractivity contribution < 1.29 is 8.97 Å². The summed E-state index contributed by atoms with van der Waals surface area (Å²) in [6.45, 7) is 11.6. The van der Waals surface area contributed by atoms with Crippen molar-refractivity contribution >= 4 is 6.21 Å². The van der Waals surface area contributed by atoms with Crippen LogP contribution in [0, 0.1) is 5.92 Å². The number of likely N-dealkylation sites (N-methyl/N-ethyl adjacent to an activating group) is 1. The Bertz CT molecular complexity index is 455. The second-order valence-corrected chi connectivity index (χ2v) is 8.66. The van der Waals surface area contributed by atoms with Crippen molar-refractivity contribution in [1.29, 1.82) is 0 Å². The average Bonchev–Trinajstić information content (AvgIpc) is 2.63. The van der Waals surface area contributed by atoms with E-state index in [4.69, 9.17) is 5.73 Å². The minimum absolute atomic E-state index is 0.127. The second-order valence-electron chi connectivity index (χ2n) is 8.66. The molecule has 26 heavy (non-hydrogen) atoms. The Kier molecular flexibility index (Phi) is 7.44. The molecule has 3 heterocycles. The van der Waals surface area contributed by atoms with Crippen LogP contribution in [-0.2, 0) is 0 Å². The summed E-state index contributed by atoms with van der Waals surface area (Å²) >= 11 is 0. The third-order valence-corrected chi connectivity index (χ3v) is 6.54. The van der Waals surface area contributed by atoms with Crippen molar-refractivity contribution in [2.75, 3.05) is 66.0 Å². The van der Waals surface area contributed by atoms with E-state index in [1.165, 1.54) is 45.6 Å². The number of halogens is 1. The zero-order chi connectivity index (χ0) is 18.5. The predicted octanol–water partition coefficient (Wildman–Crippen LogP) is 0.877. The molecule has 3 aliphatic heterocycles. The molecule has 0 aliphatic carbocycles. The molecule has 2 fully saturated rings. The third-order valence-electron chi connectivity index (χ3n) is 6.54. The van der Waals surface area contributed by atoms with Gasteiger partial charge in [0.2, 0.25) is 0 Å². The first-order chi connectivity index (χ1) is 12.6. The van der Waals surface area contributed by atoms with E-state index in [2.05, 4.69) is 39.5 Å². The molecule has 0 aromatic carbocycles. The van der Waals surface area contributed by atoms with Gasteiger partial charge in [-0.1, -0.05) is 13.3 Å². The number of unbranched alkanes of at least 4 members (excludes halogenated alkanes) is 1. The van der Waals surface area contributed by atoms with E-state index < -0.39 is 6.17 Å². The van der Waals surface area contributed by atoms with Crippen LogP contribution in [0.5, 0.6) is 0 Å². The summed E-state index contributed by atoms with van der Waals surface area (Å²) in [5, 5.41) is 0. The second kappa shape index (κ2) is 9.58. The van der Waals surface area contributed by atoms with Crippen LogP contribution < -0.4 is 5.73 Å². The Balaban J connectivity index is 1.46. The fourth-order valence-electron chi connectivity index (χ4n) is 4.79. The van der Waals surface area contributed by atoms with Gasteiger partial charge in [0.25, 0.3) is 0 Å². The Morgan fingerprint density at radius 3 is 2.42 bits per heavy atom. The van der Waals surface area contributed by atoms with Crippen LogP contribution in [0.1, 0.15) is 32.6 Å². The zero-order valence-corrected chi connectivity index (χ0v) is 16.8. The highest BCUT2D eigenvalue weighted by Crippen LogP contribution is 2.24. The van der Waals surface area contributed by atoms with E-state index in [1.54, 1.807) is 0 Å². The van der Waals surface area contributed by atoms with Crippen LogP contribution in [0.15, 0.2) is 0 Å². The van der Waals surface area contributed by atoms with Crippen LogP contribution in [-0.4, -0.2) is 110 Å². The van der Waals surface area contributed by atoms with E-state index >= 15 is 0 Å². The van der Waals surface area contributed by atoms with E-state index in [0.717, 1.165) is 38.4 Å². The lowest BCUT2D eigenvalue weighted by Crippen LogP contribution is -2.61. The SMILES string of the molecule is CCCC[N+]1=CC(N)C(N2CCC(CN3CCN(C)CC3)CC2)C(F)C1. The number of likely N-dealkylation sites (tertiary alicyclic amines) is 1. The molecule has 0 saturated carbocycles. The summed E-state index contributed by atoms with van der Waals surface area (Å²) in [5.74, 6) is 0.762. The standard InChI is InChI=1S/C20H39FN5/c1-3-4-7-25-15-18(21)20(19(22)16-25)26-8-5-17(6-9-26)14-24-12-10-23(2)11-13-24/h16-20H,3-15,22H2,1-2H3/q+1. The summed E-state index contributed by atoms with van der Waals surface area (Å²) in [5.41, 5.74) is 6.37. The molecule has 0 radical (unpaired) electrons. The minimum atomic E-state index is -0.832. The molecule has 2 saturated heterocycles. The summed E-state index contributed by atoms with van der Waals surface area (Å²) in [6.07, 6.45) is 5.87. The van der Waals surface area contributed by atoms with E-state index in [0.29, 0.717) is 6.54 Å². The number of piperazine rings is 1. The molecule has 2 N–H and O–H groups in total. The zero-order valence-electron chi connectivity index (χ0n) is 16.8. The largest absolute Gasteiger partial charge is 0.318 e. The minimum Gasteiger partial charge on any atom is -0.318 e. The van der Waals surface area contributed by atoms with Gasteiger partial charge in [-0.2, -0.15) is 0 Å². The fraction of sp³-hybridized carbons (Fsp3) is 0.950. The van der Waals surface area contributed by atoms with E-state index in [-0.39, 0.29) is 12.1 Å². The van der Waals surface area contributed by atoms with Crippen molar-refractivity contribution in [2.45, 2.75) is 50.9 Å². The lowest BCUT2D eigenvalue weighted by molar-refractivity contribution is -0.537. The van der Waals surface area contributed by atoms with Gasteiger partial charge >= 0.3 is 0 Å². The molecule has 0 aromatic heterocycles. The Labute approximate surface area is 159 Å². The van der Waals surface area contributed by atoms with Crippen LogP contribution in [0.4, 0.5) is 4.39 Å². The quantitative estimate of drug-likeness (QED) is 0.707. The maximum atomic E-state index is 14.9. The van der Waals surface area contributed by atoms with Gasteiger partial charge in [0.15, 0.2) is 18.9 Å². The highest BCUT2D eigenvalue weighted by atomic mass is 19.1. The molecular weight excluding hydrogens is 329 g/mol. The van der Waals surface area contributed by atoms with Gasteiger partial charge in [-0.3, -0.25) is 4.90 Å². The highest BCUT2D eigenvalue weighted by Gasteiger charge is 2.41. The Morgan fingerprint density at radius 1 is 1.12 bits per heavy atom. The maximum absolute atomic E-state index is 14.9. The van der Waals surface area contributed by atoms with Gasteiger partial charge in [-0.05, 0) is 38.9 Å². The molecule has 0 amide bonds. The molecule has 0 bridgehead atoms. The molecule has 3 unspecified atom stereocenters. The third kappa shape index (κ3) is 5.24. The molecule has 3 rings (SSSR count). The fourth-order valence-corrected chi connectivity index (χ4v) is 4.79. The topological polar surface area (TPSA) is 38.8 Å². The first-order valence-corrected chi connectivity index (χ1v) is 10.7. The first-order valence-electron chi connectivity index (χ1n) is 10.7. The molecular formula is C20H39FN5+. The lowest BCUT2D eigenvalue weighted by atomic mass is 9.91. The van der Waals surface area contributed by atoms with Gasteiger partial charge in [0, 0.05) is 39.1 Å². The maximum Gasteiger partial charge on any atom is 0.176 e. The number of hydrogen-bond acceptors (Lipinski definition) is 4. The van der Waals surface area contributed by atoms with Crippen molar-refractivity contribution in [3.05, 3.63) is 0 Å². The van der Waals surface area contributed by atoms with Gasteiger partial charge in [-0.15, -0.1) is 0 Å². The van der Waals surface area contributed by atoms with Crippen LogP contribution in [0.25, 0.3) is 0 Å². The smallest absolute Gasteiger partial charge is 0.176 e. The summed E-state index contributed by atoms with van der Waals surface area (Å²) in [6, 6.07) is -0.303. The van der Waals surface area contributed by atoms with Gasteiger partial charge < -0.3 is 15.5 Å². The van der Waals surface area contributed by atoms with Crippen LogP contribution in [0.3, 0.4) is 0 Å². The van der Waals surface area contributed by atoms with Crippen LogP contribution in [0.2, 0.25) is 0 Å². The lowest BCUT2D eigenvalue weighted by Gasteiger charge is -2.42. The van der Waals surface area contributed by atoms with E-state index in [9.17, 15) is 4.39 Å². The van der Waals surface area contributed by atoms with Gasteiger partial charge in [-0.25, -0.2) is 8.97 Å². The first kappa shape index (κ1) is 20.2. The number of nitrogens with zero attached hydrogens (tertiary/aromatic N) is 4. The summed E-state index contributed by atoms with van der Waals surface area (Å²) in [7, 11) is 2.21. The number of hydrogen-bond donors (Lipinski definition) is 1. The van der Waals surface area contributed by atoms with Gasteiger partial charge in [0.05, 0.1) is 6.04 Å². The number of nitrogens with two attached hydrogens (primary N) is 1. The normalized spacial score (nSPS) is 33.4. The summed E-state index contributed by atoms with van der Waals surface area (Å²) < 4.78 is 17.0. The predicted molar refractivity (Wildman–Crippen MR) is 106 cm³/mol. The number of alkyl halides is 1. The Morgan fingerprint density at radius 2 is 1.81 bits per heavy atom. The van der Waals surface area contributed by atoms with E-state index in [1.807, 2.05) is 0 Å². The summed E-state index contributed by atoms with van der Waals surface area (Å²) in [4.78, 5) is 7.36. The molecule has 5 nitrogen and oxygen atoms in total. The van der Waals surface area contributed by atoms with Crippen molar-refractivity contribution in [3.63, 3.8) is 0 Å². The Hall–Kier alpha value is -0.560. The molecule has 3 aliphatic rings. The molecule has 0 aromatic rings. The molecule has 6 heteroatoms. The molecule has 3 atom stereocenters. The van der Waals surface area contributed by atoms with Crippen molar-refractivity contribution in [3.8, 4) is 0 Å². The number of piperidine rings is 1. The highest BCUT2D eigenvalue weighted by molar-refractivity contribution is 5.61. The van der Waals surface area contributed by atoms with Crippen molar-refractivity contribution in [1.82, 2.24) is 14.7 Å². The monoisotopic (exact) mass is 368 g/mol. The van der Waals surface area contributed by atoms with Gasteiger partial charge in [0.1, 0.15) is 12.6 Å².